The number of rotatable bonds is 3. The Morgan fingerprint density at radius 3 is 2.75 bits per heavy atom. The van der Waals surface area contributed by atoms with Crippen LogP contribution in [0.3, 0.4) is 0 Å². The van der Waals surface area contributed by atoms with Crippen molar-refractivity contribution in [1.29, 1.82) is 0 Å². The lowest BCUT2D eigenvalue weighted by molar-refractivity contribution is -0.389. The number of hydrogen-bond donors (Lipinski definition) is 0. The minimum atomic E-state index is -0.519. The van der Waals surface area contributed by atoms with Gasteiger partial charge in [-0.2, -0.15) is 0 Å². The first-order valence-corrected chi connectivity index (χ1v) is 4.96. The highest BCUT2D eigenvalue weighted by atomic mass is 16.6. The molecule has 0 N–H and O–H groups in total. The monoisotopic (exact) mass is 219 g/mol. The van der Waals surface area contributed by atoms with E-state index in [1.54, 1.807) is 10.9 Å². The summed E-state index contributed by atoms with van der Waals surface area (Å²) in [5, 5.41) is 10.5. The van der Waals surface area contributed by atoms with Crippen molar-refractivity contribution in [3.63, 3.8) is 0 Å². The van der Waals surface area contributed by atoms with Crippen LogP contribution in [-0.2, 0) is 0 Å². The van der Waals surface area contributed by atoms with Gasteiger partial charge in [-0.25, -0.2) is 4.98 Å². The number of nitrogens with zero attached hydrogens (tertiary/aromatic N) is 5. The zero-order chi connectivity index (χ0) is 11.1. The first-order chi connectivity index (χ1) is 7.74. The molecule has 0 bridgehead atoms. The van der Waals surface area contributed by atoms with Gasteiger partial charge >= 0.3 is 5.82 Å². The van der Waals surface area contributed by atoms with Gasteiger partial charge in [0.2, 0.25) is 6.33 Å². The predicted octanol–water partition coefficient (Wildman–Crippen LogP) is 1.31. The van der Waals surface area contributed by atoms with Crippen LogP contribution in [0.1, 0.15) is 18.9 Å². The Balaban J connectivity index is 1.91. The summed E-state index contributed by atoms with van der Waals surface area (Å²) in [6, 6.07) is 0.555. The van der Waals surface area contributed by atoms with Crippen LogP contribution in [0.25, 0.3) is 5.82 Å². The fourth-order valence-electron chi connectivity index (χ4n) is 1.56. The summed E-state index contributed by atoms with van der Waals surface area (Å²) in [5.41, 5.74) is 0. The maximum Gasteiger partial charge on any atom is 0.381 e. The molecule has 2 aromatic rings. The summed E-state index contributed by atoms with van der Waals surface area (Å²) in [6.07, 6.45) is 8.75. The summed E-state index contributed by atoms with van der Waals surface area (Å²) in [6.45, 7) is 0. The Morgan fingerprint density at radius 1 is 1.31 bits per heavy atom. The van der Waals surface area contributed by atoms with Gasteiger partial charge in [0.15, 0.2) is 5.82 Å². The Kier molecular flexibility index (Phi) is 1.79. The van der Waals surface area contributed by atoms with Crippen molar-refractivity contribution in [3.05, 3.63) is 35.2 Å². The van der Waals surface area contributed by atoms with Crippen LogP contribution in [0, 0.1) is 10.1 Å². The van der Waals surface area contributed by atoms with Gasteiger partial charge < -0.3 is 14.7 Å². The van der Waals surface area contributed by atoms with Crippen molar-refractivity contribution >= 4 is 5.82 Å². The minimum absolute atomic E-state index is 0.166. The van der Waals surface area contributed by atoms with E-state index in [1.807, 2.05) is 10.8 Å². The second-order valence-corrected chi connectivity index (χ2v) is 3.81. The van der Waals surface area contributed by atoms with Crippen LogP contribution >= 0.6 is 0 Å². The molecule has 7 nitrogen and oxygen atoms in total. The highest BCUT2D eigenvalue weighted by Gasteiger charge is 2.23. The molecule has 0 atom stereocenters. The van der Waals surface area contributed by atoms with Crippen molar-refractivity contribution in [2.45, 2.75) is 18.9 Å². The van der Waals surface area contributed by atoms with Crippen LogP contribution in [-0.4, -0.2) is 24.0 Å². The number of aromatic nitrogens is 4. The molecule has 7 heteroatoms. The molecule has 1 fully saturated rings. The molecule has 0 aliphatic heterocycles. The molecule has 16 heavy (non-hydrogen) atoms. The van der Waals surface area contributed by atoms with Crippen molar-refractivity contribution < 1.29 is 4.92 Å². The average molecular weight is 219 g/mol. The molecule has 1 saturated carbocycles. The molecule has 1 aliphatic carbocycles. The third kappa shape index (κ3) is 1.46. The van der Waals surface area contributed by atoms with E-state index in [1.165, 1.54) is 25.4 Å². The molecule has 0 unspecified atom stereocenters. The topological polar surface area (TPSA) is 78.8 Å². The summed E-state index contributed by atoms with van der Waals surface area (Å²) >= 11 is 0. The molecule has 3 rings (SSSR count). The molecule has 82 valence electrons. The van der Waals surface area contributed by atoms with Crippen molar-refractivity contribution in [2.75, 3.05) is 0 Å². The van der Waals surface area contributed by atoms with Crippen LogP contribution in [0.5, 0.6) is 0 Å². The van der Waals surface area contributed by atoms with E-state index < -0.39 is 4.92 Å². The van der Waals surface area contributed by atoms with E-state index >= 15 is 0 Å². The first kappa shape index (κ1) is 9.08. The lowest BCUT2D eigenvalue weighted by Gasteiger charge is -1.94. The fraction of sp³-hybridized carbons (Fsp3) is 0.333. The third-order valence-corrected chi connectivity index (χ3v) is 2.58. The second-order valence-electron chi connectivity index (χ2n) is 3.81. The van der Waals surface area contributed by atoms with E-state index in [0.717, 1.165) is 0 Å². The van der Waals surface area contributed by atoms with Crippen LogP contribution < -0.4 is 0 Å². The zero-order valence-electron chi connectivity index (χ0n) is 8.35. The molecule has 0 amide bonds. The maximum absolute atomic E-state index is 10.5. The van der Waals surface area contributed by atoms with Gasteiger partial charge in [0, 0.05) is 12.2 Å². The number of nitro groups is 1. The second kappa shape index (κ2) is 3.16. The van der Waals surface area contributed by atoms with Crippen molar-refractivity contribution in [3.8, 4) is 5.82 Å². The summed E-state index contributed by atoms with van der Waals surface area (Å²) in [7, 11) is 0. The standard InChI is InChI=1S/C9H9N5O2/c15-14(16)9-4-13(6-11-9)8-3-12(5-10-8)7-1-2-7/h3-7H,1-2H2. The van der Waals surface area contributed by atoms with Gasteiger partial charge in [-0.1, -0.05) is 0 Å². The van der Waals surface area contributed by atoms with Crippen LogP contribution in [0.4, 0.5) is 5.82 Å². The smallest absolute Gasteiger partial charge is 0.358 e. The number of hydrogen-bond acceptors (Lipinski definition) is 4. The fourth-order valence-corrected chi connectivity index (χ4v) is 1.56. The Hall–Kier alpha value is -2.18. The SMILES string of the molecule is O=[N+]([O-])c1cn(-c2cn(C3CC3)cn2)cn1. The number of imidazole rings is 2. The highest BCUT2D eigenvalue weighted by Crippen LogP contribution is 2.34. The molecule has 1 aliphatic rings. The molecule has 0 saturated heterocycles. The van der Waals surface area contributed by atoms with Crippen LogP contribution in [0.15, 0.2) is 25.0 Å². The summed E-state index contributed by atoms with van der Waals surface area (Å²) < 4.78 is 3.58. The van der Waals surface area contributed by atoms with Crippen LogP contribution in [0.2, 0.25) is 0 Å². The van der Waals surface area contributed by atoms with Gasteiger partial charge in [-0.15, -0.1) is 0 Å². The maximum atomic E-state index is 10.5. The van der Waals surface area contributed by atoms with E-state index in [0.29, 0.717) is 11.9 Å². The lowest BCUT2D eigenvalue weighted by Crippen LogP contribution is -1.91. The van der Waals surface area contributed by atoms with E-state index in [4.69, 9.17) is 0 Å². The van der Waals surface area contributed by atoms with Gasteiger partial charge in [-0.3, -0.25) is 4.57 Å². The van der Waals surface area contributed by atoms with E-state index in [2.05, 4.69) is 9.97 Å². The summed E-state index contributed by atoms with van der Waals surface area (Å²) in [5.74, 6) is 0.494. The largest absolute Gasteiger partial charge is 0.381 e. The molecule has 2 heterocycles. The molecule has 0 spiro atoms. The molecule has 0 radical (unpaired) electrons. The summed E-state index contributed by atoms with van der Waals surface area (Å²) in [4.78, 5) is 17.8. The predicted molar refractivity (Wildman–Crippen MR) is 54.3 cm³/mol. The average Bonchev–Trinajstić information content (AvgIpc) is 2.83. The van der Waals surface area contributed by atoms with E-state index in [9.17, 15) is 10.1 Å². The lowest BCUT2D eigenvalue weighted by atomic mass is 10.6. The molecular formula is C9H9N5O2. The zero-order valence-corrected chi connectivity index (χ0v) is 8.35. The Morgan fingerprint density at radius 2 is 2.12 bits per heavy atom. The Labute approximate surface area is 90.5 Å². The van der Waals surface area contributed by atoms with E-state index in [-0.39, 0.29) is 5.82 Å². The molecule has 0 aromatic carbocycles. The first-order valence-electron chi connectivity index (χ1n) is 4.96. The van der Waals surface area contributed by atoms with Crippen molar-refractivity contribution in [1.82, 2.24) is 19.1 Å². The van der Waals surface area contributed by atoms with Gasteiger partial charge in [0.05, 0.1) is 6.33 Å². The van der Waals surface area contributed by atoms with Crippen molar-refractivity contribution in [2.24, 2.45) is 0 Å². The quantitative estimate of drug-likeness (QED) is 0.576. The van der Waals surface area contributed by atoms with Gasteiger partial charge in [0.1, 0.15) is 6.20 Å². The molecule has 2 aromatic heterocycles. The highest BCUT2D eigenvalue weighted by molar-refractivity contribution is 5.25. The minimum Gasteiger partial charge on any atom is -0.358 e. The van der Waals surface area contributed by atoms with Gasteiger partial charge in [0.25, 0.3) is 0 Å². The Bertz CT molecular complexity index is 540. The normalized spacial score (nSPS) is 15.2. The van der Waals surface area contributed by atoms with Gasteiger partial charge in [-0.05, 0) is 22.7 Å². The molecular weight excluding hydrogens is 210 g/mol. The third-order valence-electron chi connectivity index (χ3n) is 2.58.